The van der Waals surface area contributed by atoms with Gasteiger partial charge in [-0.1, -0.05) is 6.92 Å². The molecule has 1 heterocycles. The molecule has 0 saturated heterocycles. The van der Waals surface area contributed by atoms with Crippen LogP contribution in [0.15, 0.2) is 33.9 Å². The maximum atomic E-state index is 12.8. The topological polar surface area (TPSA) is 75.1 Å². The molecule has 5 nitrogen and oxygen atoms in total. The number of aromatic hydroxyl groups is 1. The van der Waals surface area contributed by atoms with Gasteiger partial charge >= 0.3 is 5.69 Å². The van der Waals surface area contributed by atoms with Gasteiger partial charge in [-0.2, -0.15) is 0 Å². The van der Waals surface area contributed by atoms with E-state index in [0.29, 0.717) is 0 Å². The molecule has 0 fully saturated rings. The summed E-state index contributed by atoms with van der Waals surface area (Å²) in [5.41, 5.74) is -0.983. The molecule has 0 bridgehead atoms. The van der Waals surface area contributed by atoms with Crippen molar-refractivity contribution >= 4 is 0 Å². The maximum absolute atomic E-state index is 12.8. The van der Waals surface area contributed by atoms with Gasteiger partial charge in [0.25, 0.3) is 5.56 Å². The Balaban J connectivity index is 2.75. The predicted octanol–water partition coefficient (Wildman–Crippen LogP) is 0.933. The van der Waals surface area contributed by atoms with Gasteiger partial charge in [0, 0.05) is 0 Å². The Hall–Kier alpha value is -2.37. The zero-order chi connectivity index (χ0) is 13.3. The van der Waals surface area contributed by atoms with Crippen LogP contribution < -0.4 is 11.2 Å². The van der Waals surface area contributed by atoms with Crippen molar-refractivity contribution in [1.29, 1.82) is 0 Å². The lowest BCUT2D eigenvalue weighted by Gasteiger charge is -2.10. The highest BCUT2D eigenvalue weighted by atomic mass is 19.1. The van der Waals surface area contributed by atoms with Gasteiger partial charge in [-0.25, -0.2) is 13.8 Å². The fourth-order valence-electron chi connectivity index (χ4n) is 1.71. The molecule has 0 aliphatic rings. The second-order valence-electron chi connectivity index (χ2n) is 3.73. The normalized spacial score (nSPS) is 10.6. The Labute approximate surface area is 101 Å². The van der Waals surface area contributed by atoms with Crippen LogP contribution in [0, 0.1) is 5.82 Å². The molecule has 2 rings (SSSR count). The van der Waals surface area contributed by atoms with Crippen LogP contribution in [-0.2, 0) is 6.42 Å². The molecule has 6 heteroatoms. The Morgan fingerprint density at radius 2 is 1.89 bits per heavy atom. The predicted molar refractivity (Wildman–Crippen MR) is 63.7 cm³/mol. The average molecular weight is 250 g/mol. The fourth-order valence-corrected chi connectivity index (χ4v) is 1.71. The lowest BCUT2D eigenvalue weighted by atomic mass is 10.2. The molecule has 0 radical (unpaired) electrons. The molecule has 2 aromatic rings. The summed E-state index contributed by atoms with van der Waals surface area (Å²) in [6.45, 7) is 1.68. The Bertz CT molecular complexity index is 686. The van der Waals surface area contributed by atoms with Gasteiger partial charge in [-0.15, -0.1) is 0 Å². The lowest BCUT2D eigenvalue weighted by Crippen LogP contribution is -2.31. The summed E-state index contributed by atoms with van der Waals surface area (Å²) in [6.07, 6.45) is 0.280. The van der Waals surface area contributed by atoms with E-state index in [1.165, 1.54) is 12.1 Å². The molecule has 0 spiro atoms. The summed E-state index contributed by atoms with van der Waals surface area (Å²) < 4.78 is 13.7. The number of aromatic amines is 1. The summed E-state index contributed by atoms with van der Waals surface area (Å²) >= 11 is 0. The maximum Gasteiger partial charge on any atom is 0.335 e. The fraction of sp³-hybridized carbons (Fsp3) is 0.167. The molecule has 0 unspecified atom stereocenters. The van der Waals surface area contributed by atoms with Crippen molar-refractivity contribution in [1.82, 2.24) is 9.55 Å². The first-order chi connectivity index (χ1) is 8.54. The number of aromatic nitrogens is 2. The minimum atomic E-state index is -0.763. The van der Waals surface area contributed by atoms with Crippen LogP contribution >= 0.6 is 0 Å². The average Bonchev–Trinajstić information content (AvgIpc) is 2.31. The summed E-state index contributed by atoms with van der Waals surface area (Å²) in [6, 6.07) is 5.01. The second-order valence-corrected chi connectivity index (χ2v) is 3.73. The van der Waals surface area contributed by atoms with E-state index in [1.54, 1.807) is 6.92 Å². The largest absolute Gasteiger partial charge is 0.494 e. The zero-order valence-electron chi connectivity index (χ0n) is 9.61. The highest BCUT2D eigenvalue weighted by Crippen LogP contribution is 2.16. The summed E-state index contributed by atoms with van der Waals surface area (Å²) in [7, 11) is 0. The summed E-state index contributed by atoms with van der Waals surface area (Å²) in [4.78, 5) is 25.2. The van der Waals surface area contributed by atoms with Crippen LogP contribution in [0.4, 0.5) is 4.39 Å². The Kier molecular flexibility index (Phi) is 3.01. The number of hydrogen-bond acceptors (Lipinski definition) is 3. The number of H-pyrrole nitrogens is 1. The highest BCUT2D eigenvalue weighted by Gasteiger charge is 2.13. The highest BCUT2D eigenvalue weighted by molar-refractivity contribution is 5.38. The van der Waals surface area contributed by atoms with E-state index in [4.69, 9.17) is 0 Å². The van der Waals surface area contributed by atoms with Crippen molar-refractivity contribution in [2.24, 2.45) is 0 Å². The second kappa shape index (κ2) is 4.48. The summed E-state index contributed by atoms with van der Waals surface area (Å²) in [5.74, 6) is -0.871. The number of nitrogens with one attached hydrogen (secondary N) is 1. The van der Waals surface area contributed by atoms with Gasteiger partial charge < -0.3 is 5.11 Å². The molecule has 0 saturated carbocycles. The van der Waals surface area contributed by atoms with Crippen LogP contribution in [0.1, 0.15) is 12.5 Å². The molecule has 0 aliphatic carbocycles. The van der Waals surface area contributed by atoms with E-state index in [-0.39, 0.29) is 17.7 Å². The van der Waals surface area contributed by atoms with Crippen molar-refractivity contribution in [2.75, 3.05) is 0 Å². The standard InChI is InChI=1S/C12H11FN2O3/c1-2-9-10(16)14-12(18)15(11(9)17)8-5-3-7(13)4-6-8/h3-6,17H,2H2,1H3,(H,14,16,18). The SMILES string of the molecule is CCc1c(O)n(-c2ccc(F)cc2)c(=O)[nH]c1=O. The van der Waals surface area contributed by atoms with Gasteiger partial charge in [-0.3, -0.25) is 9.78 Å². The minimum absolute atomic E-state index is 0.110. The van der Waals surface area contributed by atoms with Crippen molar-refractivity contribution in [3.8, 4) is 11.6 Å². The van der Waals surface area contributed by atoms with Crippen LogP contribution in [0.2, 0.25) is 0 Å². The van der Waals surface area contributed by atoms with E-state index in [0.717, 1.165) is 16.7 Å². The van der Waals surface area contributed by atoms with E-state index < -0.39 is 22.9 Å². The van der Waals surface area contributed by atoms with E-state index >= 15 is 0 Å². The molecule has 1 aromatic heterocycles. The third-order valence-electron chi connectivity index (χ3n) is 2.62. The first kappa shape index (κ1) is 12.1. The van der Waals surface area contributed by atoms with Crippen molar-refractivity contribution in [3.63, 3.8) is 0 Å². The number of rotatable bonds is 2. The van der Waals surface area contributed by atoms with Crippen molar-refractivity contribution in [2.45, 2.75) is 13.3 Å². The van der Waals surface area contributed by atoms with Gasteiger partial charge in [0.05, 0.1) is 11.3 Å². The number of hydrogen-bond donors (Lipinski definition) is 2. The van der Waals surface area contributed by atoms with Crippen LogP contribution in [-0.4, -0.2) is 14.7 Å². The van der Waals surface area contributed by atoms with Crippen LogP contribution in [0.5, 0.6) is 5.88 Å². The third kappa shape index (κ3) is 1.92. The lowest BCUT2D eigenvalue weighted by molar-refractivity contribution is 0.423. The van der Waals surface area contributed by atoms with Crippen LogP contribution in [0.3, 0.4) is 0 Å². The molecule has 0 amide bonds. The molecule has 1 aromatic carbocycles. The Morgan fingerprint density at radius 3 is 2.44 bits per heavy atom. The Morgan fingerprint density at radius 1 is 1.28 bits per heavy atom. The van der Waals surface area contributed by atoms with E-state index in [1.807, 2.05) is 0 Å². The monoisotopic (exact) mass is 250 g/mol. The van der Waals surface area contributed by atoms with Gasteiger partial charge in [0.15, 0.2) is 0 Å². The molecule has 0 aliphatic heterocycles. The number of halogens is 1. The smallest absolute Gasteiger partial charge is 0.335 e. The molecule has 18 heavy (non-hydrogen) atoms. The van der Waals surface area contributed by atoms with Gasteiger partial charge in [0.1, 0.15) is 5.82 Å². The van der Waals surface area contributed by atoms with E-state index in [9.17, 15) is 19.1 Å². The first-order valence-electron chi connectivity index (χ1n) is 5.37. The number of benzene rings is 1. The van der Waals surface area contributed by atoms with E-state index in [2.05, 4.69) is 4.98 Å². The zero-order valence-corrected chi connectivity index (χ0v) is 9.61. The number of nitrogens with zero attached hydrogens (tertiary/aromatic N) is 1. The molecule has 94 valence electrons. The quantitative estimate of drug-likeness (QED) is 0.832. The third-order valence-corrected chi connectivity index (χ3v) is 2.62. The van der Waals surface area contributed by atoms with Crippen molar-refractivity contribution < 1.29 is 9.50 Å². The first-order valence-corrected chi connectivity index (χ1v) is 5.37. The molecule has 2 N–H and O–H groups in total. The summed E-state index contributed by atoms with van der Waals surface area (Å²) in [5, 5.41) is 9.92. The van der Waals surface area contributed by atoms with Gasteiger partial charge in [0.2, 0.25) is 5.88 Å². The van der Waals surface area contributed by atoms with Crippen molar-refractivity contribution in [3.05, 3.63) is 56.5 Å². The molecular formula is C12H11FN2O3. The molecule has 0 atom stereocenters. The molecular weight excluding hydrogens is 239 g/mol. The van der Waals surface area contributed by atoms with Crippen LogP contribution in [0.25, 0.3) is 5.69 Å². The minimum Gasteiger partial charge on any atom is -0.494 e. The van der Waals surface area contributed by atoms with Gasteiger partial charge in [-0.05, 0) is 30.7 Å².